The summed E-state index contributed by atoms with van der Waals surface area (Å²) in [6.07, 6.45) is 0. The van der Waals surface area contributed by atoms with Gasteiger partial charge < -0.3 is 5.32 Å². The molecule has 0 radical (unpaired) electrons. The van der Waals surface area contributed by atoms with Gasteiger partial charge in [0, 0.05) is 11.1 Å². The molecule has 6 nitrogen and oxygen atoms in total. The van der Waals surface area contributed by atoms with Gasteiger partial charge in [0.05, 0.1) is 11.8 Å². The van der Waals surface area contributed by atoms with Gasteiger partial charge in [-0.25, -0.2) is 4.98 Å². The first-order valence-electron chi connectivity index (χ1n) is 9.63. The molecule has 0 unspecified atom stereocenters. The largest absolute Gasteiger partial charge is 0.337 e. The molecule has 30 heavy (non-hydrogen) atoms. The summed E-state index contributed by atoms with van der Waals surface area (Å²) in [5.74, 6) is -0.149. The van der Waals surface area contributed by atoms with E-state index in [-0.39, 0.29) is 17.6 Å². The highest BCUT2D eigenvalue weighted by Gasteiger charge is 2.30. The van der Waals surface area contributed by atoms with Crippen LogP contribution in [0.4, 0.5) is 0 Å². The molecular formula is C23H23N5OS. The fourth-order valence-electron chi connectivity index (χ4n) is 2.72. The van der Waals surface area contributed by atoms with Crippen LogP contribution in [0.1, 0.15) is 20.8 Å². The lowest BCUT2D eigenvalue weighted by atomic mass is 9.90. The molecule has 0 saturated heterocycles. The fourth-order valence-corrected chi connectivity index (χ4v) is 3.30. The summed E-state index contributed by atoms with van der Waals surface area (Å²) in [6.45, 7) is 5.52. The number of aromatic nitrogens is 3. The van der Waals surface area contributed by atoms with E-state index in [1.54, 1.807) is 6.92 Å². The molecule has 7 heteroatoms. The average Bonchev–Trinajstić information content (AvgIpc) is 2.78. The van der Waals surface area contributed by atoms with E-state index in [1.807, 2.05) is 74.5 Å². The molecule has 2 aromatic carbocycles. The van der Waals surface area contributed by atoms with Crippen molar-refractivity contribution in [3.05, 3.63) is 60.7 Å². The van der Waals surface area contributed by atoms with E-state index >= 15 is 0 Å². The van der Waals surface area contributed by atoms with Crippen molar-refractivity contribution in [3.8, 4) is 28.6 Å². The number of amides is 1. The van der Waals surface area contributed by atoms with Crippen LogP contribution in [-0.2, 0) is 4.79 Å². The van der Waals surface area contributed by atoms with E-state index < -0.39 is 5.54 Å². The molecule has 3 aromatic rings. The molecule has 152 valence electrons. The van der Waals surface area contributed by atoms with Gasteiger partial charge in [-0.2, -0.15) is 5.26 Å². The van der Waals surface area contributed by atoms with E-state index in [9.17, 15) is 10.1 Å². The number of benzene rings is 2. The molecule has 1 amide bonds. The van der Waals surface area contributed by atoms with Crippen molar-refractivity contribution in [1.82, 2.24) is 20.5 Å². The smallest absolute Gasteiger partial charge is 0.231 e. The van der Waals surface area contributed by atoms with Crippen LogP contribution in [-0.4, -0.2) is 32.4 Å². The highest BCUT2D eigenvalue weighted by Crippen LogP contribution is 2.29. The lowest BCUT2D eigenvalue weighted by Gasteiger charge is -2.27. The summed E-state index contributed by atoms with van der Waals surface area (Å²) in [4.78, 5) is 17.1. The molecule has 0 bridgehead atoms. The minimum Gasteiger partial charge on any atom is -0.337 e. The Morgan fingerprint density at radius 3 is 2.13 bits per heavy atom. The first-order chi connectivity index (χ1) is 14.4. The summed E-state index contributed by atoms with van der Waals surface area (Å²) in [5, 5.41) is 21.2. The van der Waals surface area contributed by atoms with Crippen LogP contribution in [0.5, 0.6) is 0 Å². The quantitative estimate of drug-likeness (QED) is 0.575. The van der Waals surface area contributed by atoms with Crippen LogP contribution >= 0.6 is 11.8 Å². The predicted molar refractivity (Wildman–Crippen MR) is 118 cm³/mol. The molecule has 0 aliphatic rings. The summed E-state index contributed by atoms with van der Waals surface area (Å²) in [6, 6.07) is 21.7. The number of hydrogen-bond acceptors (Lipinski definition) is 6. The number of nitrogens with one attached hydrogen (secondary N) is 1. The summed E-state index contributed by atoms with van der Waals surface area (Å²) in [5.41, 5.74) is 2.33. The number of carbonyl (C=O) groups is 1. The first kappa shape index (κ1) is 21.5. The monoisotopic (exact) mass is 417 g/mol. The lowest BCUT2D eigenvalue weighted by Crippen LogP contribution is -2.49. The molecule has 1 atom stereocenters. The minimum atomic E-state index is -0.914. The fraction of sp³-hybridized carbons (Fsp3) is 0.261. The third kappa shape index (κ3) is 5.02. The third-order valence-electron chi connectivity index (χ3n) is 4.88. The maximum absolute atomic E-state index is 12.4. The molecule has 1 aromatic heterocycles. The molecule has 0 saturated carbocycles. The van der Waals surface area contributed by atoms with Gasteiger partial charge in [0.1, 0.15) is 16.9 Å². The molecule has 0 spiro atoms. The molecule has 1 heterocycles. The Balaban J connectivity index is 1.84. The Hall–Kier alpha value is -3.24. The maximum atomic E-state index is 12.4. The van der Waals surface area contributed by atoms with E-state index in [4.69, 9.17) is 0 Å². The lowest BCUT2D eigenvalue weighted by molar-refractivity contribution is -0.120. The van der Waals surface area contributed by atoms with Gasteiger partial charge in [0.25, 0.3) is 0 Å². The van der Waals surface area contributed by atoms with Crippen molar-refractivity contribution in [2.24, 2.45) is 5.92 Å². The van der Waals surface area contributed by atoms with Crippen LogP contribution in [0.2, 0.25) is 0 Å². The zero-order valence-corrected chi connectivity index (χ0v) is 18.0. The van der Waals surface area contributed by atoms with E-state index in [0.717, 1.165) is 11.1 Å². The first-order valence-corrected chi connectivity index (χ1v) is 10.6. The highest BCUT2D eigenvalue weighted by molar-refractivity contribution is 7.99. The number of rotatable bonds is 7. The van der Waals surface area contributed by atoms with Crippen LogP contribution in [0, 0.1) is 17.2 Å². The topological polar surface area (TPSA) is 91.6 Å². The SMILES string of the molecule is CC(C)[C@](C)(C#N)NC(=O)CSc1nnc(-c2ccccc2)c(-c2ccccc2)n1. The molecule has 3 rings (SSSR count). The van der Waals surface area contributed by atoms with Gasteiger partial charge in [-0.05, 0) is 12.8 Å². The van der Waals surface area contributed by atoms with Gasteiger partial charge in [-0.3, -0.25) is 4.79 Å². The van der Waals surface area contributed by atoms with Crippen LogP contribution in [0.15, 0.2) is 65.8 Å². The number of thioether (sulfide) groups is 1. The Labute approximate surface area is 180 Å². The van der Waals surface area contributed by atoms with E-state index in [2.05, 4.69) is 26.6 Å². The van der Waals surface area contributed by atoms with Gasteiger partial charge in [-0.1, -0.05) is 86.3 Å². The van der Waals surface area contributed by atoms with E-state index in [0.29, 0.717) is 16.5 Å². The second kappa shape index (κ2) is 9.51. The standard InChI is InChI=1S/C23H23N5OS/c1-16(2)23(3,15-24)26-19(29)14-30-22-25-20(17-10-6-4-7-11-17)21(27-28-22)18-12-8-5-9-13-18/h4-13,16H,14H2,1-3H3,(H,26,29)/t23-/m0/s1. The minimum absolute atomic E-state index is 0.00999. The molecule has 0 fully saturated rings. The Kier molecular flexibility index (Phi) is 6.80. The van der Waals surface area contributed by atoms with Gasteiger partial charge >= 0.3 is 0 Å². The summed E-state index contributed by atoms with van der Waals surface area (Å²) < 4.78 is 0. The molecule has 0 aliphatic carbocycles. The van der Waals surface area contributed by atoms with Gasteiger partial charge in [-0.15, -0.1) is 10.2 Å². The summed E-state index contributed by atoms with van der Waals surface area (Å²) in [7, 11) is 0. The third-order valence-corrected chi connectivity index (χ3v) is 5.72. The van der Waals surface area contributed by atoms with Crippen LogP contribution in [0.3, 0.4) is 0 Å². The molecule has 1 N–H and O–H groups in total. The van der Waals surface area contributed by atoms with Gasteiger partial charge in [0.2, 0.25) is 11.1 Å². The highest BCUT2D eigenvalue weighted by atomic mass is 32.2. The van der Waals surface area contributed by atoms with E-state index in [1.165, 1.54) is 11.8 Å². The second-order valence-corrected chi connectivity index (χ2v) is 8.27. The van der Waals surface area contributed by atoms with Crippen molar-refractivity contribution in [2.45, 2.75) is 31.5 Å². The maximum Gasteiger partial charge on any atom is 0.231 e. The normalized spacial score (nSPS) is 12.8. The van der Waals surface area contributed by atoms with Crippen molar-refractivity contribution >= 4 is 17.7 Å². The Morgan fingerprint density at radius 1 is 1.03 bits per heavy atom. The molecular weight excluding hydrogens is 394 g/mol. The zero-order chi connectivity index (χ0) is 21.6. The van der Waals surface area contributed by atoms with Crippen LogP contribution < -0.4 is 5.32 Å². The zero-order valence-electron chi connectivity index (χ0n) is 17.2. The average molecular weight is 418 g/mol. The Morgan fingerprint density at radius 2 is 1.60 bits per heavy atom. The van der Waals surface area contributed by atoms with Crippen molar-refractivity contribution in [2.75, 3.05) is 5.75 Å². The number of hydrogen-bond donors (Lipinski definition) is 1. The van der Waals surface area contributed by atoms with Crippen molar-refractivity contribution in [1.29, 1.82) is 5.26 Å². The summed E-state index contributed by atoms with van der Waals surface area (Å²) >= 11 is 1.20. The van der Waals surface area contributed by atoms with Crippen molar-refractivity contribution < 1.29 is 4.79 Å². The number of nitrogens with zero attached hydrogens (tertiary/aromatic N) is 4. The van der Waals surface area contributed by atoms with Crippen LogP contribution in [0.25, 0.3) is 22.5 Å². The van der Waals surface area contributed by atoms with Gasteiger partial charge in [0.15, 0.2) is 0 Å². The number of carbonyl (C=O) groups excluding carboxylic acids is 1. The second-order valence-electron chi connectivity index (χ2n) is 7.33. The Bertz CT molecular complexity index is 1050. The van der Waals surface area contributed by atoms with Crippen molar-refractivity contribution in [3.63, 3.8) is 0 Å². The molecule has 0 aliphatic heterocycles. The number of nitriles is 1. The predicted octanol–water partition coefficient (Wildman–Crippen LogP) is 4.35.